The number of hydrogen-bond acceptors (Lipinski definition) is 20. The number of imidazole rings is 1. The van der Waals surface area contributed by atoms with E-state index in [1.54, 1.807) is 18.2 Å². The molecule has 0 spiro atoms. The lowest BCUT2D eigenvalue weighted by Gasteiger charge is -2.28. The van der Waals surface area contributed by atoms with E-state index in [9.17, 15) is 48.9 Å². The molecule has 0 aliphatic carbocycles. The summed E-state index contributed by atoms with van der Waals surface area (Å²) in [6, 6.07) is 5.42. The smallest absolute Gasteiger partial charge is 0.481 e. The molecule has 27 heteroatoms. The van der Waals surface area contributed by atoms with Crippen LogP contribution in [0, 0.1) is 0 Å². The van der Waals surface area contributed by atoms with Crippen molar-refractivity contribution in [1.29, 1.82) is 0 Å². The lowest BCUT2D eigenvalue weighted by molar-refractivity contribution is -0.138. The molecular formula is C30H40N8O17P2. The van der Waals surface area contributed by atoms with Crippen LogP contribution in [0.1, 0.15) is 18.2 Å². The number of fused-ring (bicyclic) bond motifs is 1. The molecule has 312 valence electrons. The molecular weight excluding hydrogens is 806 g/mol. The van der Waals surface area contributed by atoms with Crippen LogP contribution in [-0.2, 0) is 48.0 Å². The number of anilines is 1. The number of aromatic nitrogens is 4. The van der Waals surface area contributed by atoms with Gasteiger partial charge in [0.15, 0.2) is 23.9 Å². The molecule has 3 unspecified atom stereocenters. The summed E-state index contributed by atoms with van der Waals surface area (Å²) in [6.45, 7) is -1.79. The largest absolute Gasteiger partial charge is 0.508 e. The second kappa shape index (κ2) is 18.0. The molecule has 3 aliphatic heterocycles. The van der Waals surface area contributed by atoms with Gasteiger partial charge in [-0.1, -0.05) is 18.2 Å². The van der Waals surface area contributed by atoms with E-state index in [-0.39, 0.29) is 41.1 Å². The second-order valence-corrected chi connectivity index (χ2v) is 15.7. The number of carboxylic acid groups (broad SMARTS) is 1. The van der Waals surface area contributed by atoms with Crippen LogP contribution in [0.3, 0.4) is 0 Å². The van der Waals surface area contributed by atoms with Crippen LogP contribution in [0.2, 0.25) is 0 Å². The number of primary amides is 1. The highest BCUT2D eigenvalue weighted by Crippen LogP contribution is 2.60. The lowest BCUT2D eigenvalue weighted by Crippen LogP contribution is -2.40. The van der Waals surface area contributed by atoms with Crippen molar-refractivity contribution in [2.45, 2.75) is 68.0 Å². The number of aliphatic carboxylic acids is 1. The van der Waals surface area contributed by atoms with Gasteiger partial charge in [-0.15, -0.1) is 0 Å². The Hall–Kier alpha value is -4.43. The van der Waals surface area contributed by atoms with Gasteiger partial charge in [-0.2, -0.15) is 4.31 Å². The molecule has 5 heterocycles. The number of allylic oxidation sites excluding steroid dienone is 1. The molecule has 25 nitrogen and oxygen atoms in total. The molecule has 2 saturated heterocycles. The van der Waals surface area contributed by atoms with Crippen molar-refractivity contribution in [2.24, 2.45) is 11.5 Å². The summed E-state index contributed by atoms with van der Waals surface area (Å²) in [6.07, 6.45) is -4.61. The van der Waals surface area contributed by atoms with E-state index in [0.29, 0.717) is 0 Å². The number of phosphoric acid groups is 2. The fourth-order valence-electron chi connectivity index (χ4n) is 5.65. The molecule has 2 fully saturated rings. The van der Waals surface area contributed by atoms with E-state index < -0.39 is 95.9 Å². The van der Waals surface area contributed by atoms with E-state index in [1.165, 1.54) is 40.3 Å². The number of phosphoric ester groups is 2. The topological polar surface area (TPSA) is 401 Å². The molecule has 0 bridgehead atoms. The molecule has 2 aromatic heterocycles. The summed E-state index contributed by atoms with van der Waals surface area (Å²) in [4.78, 5) is 55.0. The highest BCUT2D eigenvalue weighted by molar-refractivity contribution is 7.61. The van der Waals surface area contributed by atoms with Gasteiger partial charge in [0.2, 0.25) is 5.91 Å². The summed E-state index contributed by atoms with van der Waals surface area (Å²) < 4.78 is 50.8. The van der Waals surface area contributed by atoms with Crippen LogP contribution in [-0.4, -0.2) is 139 Å². The summed E-state index contributed by atoms with van der Waals surface area (Å²) in [5, 5.41) is 59.1. The third-order valence-corrected chi connectivity index (χ3v) is 11.2. The molecule has 0 radical (unpaired) electrons. The van der Waals surface area contributed by atoms with Gasteiger partial charge in [0, 0.05) is 18.0 Å². The van der Waals surface area contributed by atoms with Crippen LogP contribution < -0.4 is 17.2 Å². The predicted octanol–water partition coefficient (Wildman–Crippen LogP) is -2.34. The van der Waals surface area contributed by atoms with E-state index in [0.717, 1.165) is 11.9 Å². The maximum atomic E-state index is 12.4. The molecule has 14 N–H and O–H groups in total. The number of phenols is 1. The van der Waals surface area contributed by atoms with Gasteiger partial charge in [0.05, 0.1) is 19.5 Å². The zero-order chi connectivity index (χ0) is 41.8. The first-order valence-corrected chi connectivity index (χ1v) is 19.6. The average molecular weight is 847 g/mol. The Balaban J connectivity index is 0.000000405. The molecule has 0 saturated carbocycles. The van der Waals surface area contributed by atoms with Crippen LogP contribution >= 0.6 is 15.6 Å². The zero-order valence-corrected chi connectivity index (χ0v) is 31.1. The quantitative estimate of drug-likeness (QED) is 0.0757. The van der Waals surface area contributed by atoms with Crippen molar-refractivity contribution in [3.8, 4) is 5.75 Å². The number of carbonyl (C=O) groups excluding carboxylic acids is 1. The Labute approximate surface area is 321 Å². The third-order valence-electron chi connectivity index (χ3n) is 8.59. The average Bonchev–Trinajstić information content (AvgIpc) is 3.80. The Morgan fingerprint density at radius 3 is 2.07 bits per heavy atom. The van der Waals surface area contributed by atoms with Gasteiger partial charge >= 0.3 is 21.6 Å². The fourth-order valence-corrected chi connectivity index (χ4v) is 7.74. The number of nitrogens with two attached hydrogens (primary N) is 3. The van der Waals surface area contributed by atoms with Gasteiger partial charge in [-0.25, -0.2) is 24.1 Å². The number of hydrogen-bond donors (Lipinski definition) is 11. The zero-order valence-electron chi connectivity index (χ0n) is 29.3. The fraction of sp³-hybridized carbons (Fsp3) is 0.433. The number of carboxylic acids is 1. The summed E-state index contributed by atoms with van der Waals surface area (Å²) in [5.74, 6) is -1.52. The number of phenolic OH excluding ortho intramolecular Hbond substituents is 1. The minimum atomic E-state index is -5.37. The van der Waals surface area contributed by atoms with Crippen molar-refractivity contribution in [3.63, 3.8) is 0 Å². The highest BCUT2D eigenvalue weighted by atomic mass is 31.3. The Kier molecular flexibility index (Phi) is 13.8. The van der Waals surface area contributed by atoms with Crippen molar-refractivity contribution in [3.05, 3.63) is 66.5 Å². The first kappa shape index (κ1) is 43.7. The van der Waals surface area contributed by atoms with Crippen LogP contribution in [0.25, 0.3) is 11.2 Å². The monoisotopic (exact) mass is 846 g/mol. The van der Waals surface area contributed by atoms with Crippen LogP contribution in [0.4, 0.5) is 5.82 Å². The maximum Gasteiger partial charge on any atom is 0.481 e. The number of benzene rings is 1. The van der Waals surface area contributed by atoms with Gasteiger partial charge in [0.1, 0.15) is 60.3 Å². The van der Waals surface area contributed by atoms with Gasteiger partial charge in [0.25, 0.3) is 0 Å². The Morgan fingerprint density at radius 1 is 0.912 bits per heavy atom. The lowest BCUT2D eigenvalue weighted by atomic mass is 10.1. The first-order chi connectivity index (χ1) is 26.8. The maximum absolute atomic E-state index is 12.4. The molecule has 1 aromatic carbocycles. The number of aromatic hydroxyl groups is 1. The normalized spacial score (nSPS) is 28.5. The van der Waals surface area contributed by atoms with Gasteiger partial charge in [-0.3, -0.25) is 23.2 Å². The first-order valence-electron chi connectivity index (χ1n) is 16.6. The molecule has 57 heavy (non-hydrogen) atoms. The summed E-state index contributed by atoms with van der Waals surface area (Å²) in [5.41, 5.74) is 17.7. The molecule has 3 aromatic rings. The van der Waals surface area contributed by atoms with Crippen LogP contribution in [0.15, 0.2) is 61.0 Å². The van der Waals surface area contributed by atoms with E-state index >= 15 is 0 Å². The number of nitrogens with zero attached hydrogens (tertiary/aromatic N) is 5. The number of aliphatic hydroxyl groups excluding tert-OH is 4. The number of aliphatic hydroxyl groups is 4. The van der Waals surface area contributed by atoms with Crippen LogP contribution in [0.5, 0.6) is 5.75 Å². The number of nitrogen functional groups attached to an aromatic ring is 1. The summed E-state index contributed by atoms with van der Waals surface area (Å²) >= 11 is 0. The predicted molar refractivity (Wildman–Crippen MR) is 189 cm³/mol. The number of rotatable bonds is 14. The number of ether oxygens (including phenoxy) is 2. The van der Waals surface area contributed by atoms with E-state index in [4.69, 9.17) is 45.9 Å². The minimum Gasteiger partial charge on any atom is -0.508 e. The van der Waals surface area contributed by atoms with E-state index in [1.807, 2.05) is 0 Å². The molecule has 3 aliphatic rings. The standard InChI is InChI=1S/C21H29N7O14P2.C9H11NO3/c22-17-12-19(25-7-24-17)28(8-26-12)21-16(32)14(30)11(41-21)6-39-44(36,37)42-43(34,35)38-5-10-13(29)15(31)20(40-10)27-3-1-2-9(4-27)18(23)33;10-8(9(12)13)5-6-1-3-7(11)4-2-6/h1,3-4,7-8,10-11,13-16,20-21,29-32H,2,5-6H2,(H2,23,33)(H,34,35)(H,36,37)(H2,22,24,25);1-4,8,11H,5,10H2,(H,12,13)/t10-,11-,13-,14-,15-,16-,20-,21-;/m1./s1. The van der Waals surface area contributed by atoms with E-state index in [2.05, 4.69) is 19.3 Å². The minimum absolute atomic E-state index is 0.0517. The Bertz CT molecular complexity index is 2070. The van der Waals surface area contributed by atoms with Crippen molar-refractivity contribution in [2.75, 3.05) is 18.9 Å². The summed E-state index contributed by atoms with van der Waals surface area (Å²) in [7, 11) is -10.7. The number of carbonyl (C=O) groups is 2. The SMILES string of the molecule is NC(=O)C1=CN([C@@H]2O[C@H](COP(=O)(O)OP(=O)(O)OC[C@H]3O[C@@H](n4cnc5c(N)ncnc54)[C@H](O)[C@@H]3O)[C@@H](O)[C@H]2O)C=CC1.NC(Cc1ccc(O)cc1)C(=O)O. The Morgan fingerprint density at radius 2 is 1.49 bits per heavy atom. The van der Waals surface area contributed by atoms with Gasteiger partial charge in [-0.05, 0) is 30.5 Å². The third kappa shape index (κ3) is 10.8. The molecule has 11 atom stereocenters. The molecule has 6 rings (SSSR count). The van der Waals surface area contributed by atoms with Gasteiger partial charge < -0.3 is 72.0 Å². The van der Waals surface area contributed by atoms with Crippen molar-refractivity contribution >= 4 is 44.5 Å². The second-order valence-electron chi connectivity index (χ2n) is 12.7. The highest BCUT2D eigenvalue weighted by Gasteiger charge is 2.48. The number of amides is 1. The van der Waals surface area contributed by atoms with Crippen molar-refractivity contribution in [1.82, 2.24) is 24.4 Å². The van der Waals surface area contributed by atoms with Crippen molar-refractivity contribution < 1.29 is 82.0 Å². The molecule has 1 amide bonds.